The van der Waals surface area contributed by atoms with E-state index in [1.165, 1.54) is 48.3 Å². The highest BCUT2D eigenvalue weighted by atomic mass is 32.2. The molecule has 10 nitrogen and oxygen atoms in total. The van der Waals surface area contributed by atoms with E-state index in [1.807, 2.05) is 0 Å². The Hall–Kier alpha value is -3.44. The van der Waals surface area contributed by atoms with Crippen LogP contribution in [0.5, 0.6) is 5.75 Å². The molecule has 2 aromatic carbocycles. The quantitative estimate of drug-likeness (QED) is 0.554. The predicted molar refractivity (Wildman–Crippen MR) is 123 cm³/mol. The summed E-state index contributed by atoms with van der Waals surface area (Å²) in [7, 11) is 0.316. The van der Waals surface area contributed by atoms with Crippen molar-refractivity contribution in [1.82, 2.24) is 13.4 Å². The number of hydrogen-bond acceptors (Lipinski definition) is 6. The lowest BCUT2D eigenvalue weighted by atomic mass is 10.2. The van der Waals surface area contributed by atoms with E-state index in [1.54, 1.807) is 24.3 Å². The van der Waals surface area contributed by atoms with Gasteiger partial charge in [-0.2, -0.15) is 4.31 Å². The Morgan fingerprint density at radius 3 is 2.39 bits per heavy atom. The van der Waals surface area contributed by atoms with Crippen LogP contribution in [0.25, 0.3) is 11.0 Å². The molecule has 33 heavy (non-hydrogen) atoms. The number of methoxy groups -OCH3 is 1. The minimum Gasteiger partial charge on any atom is -0.495 e. The van der Waals surface area contributed by atoms with E-state index in [4.69, 9.17) is 4.74 Å². The third-order valence-corrected chi connectivity index (χ3v) is 7.84. The number of benzene rings is 2. The van der Waals surface area contributed by atoms with E-state index in [9.17, 15) is 22.8 Å². The van der Waals surface area contributed by atoms with Gasteiger partial charge in [0.05, 0.1) is 28.7 Å². The Bertz CT molecular complexity index is 1470. The highest BCUT2D eigenvalue weighted by Gasteiger charge is 2.39. The van der Waals surface area contributed by atoms with Crippen molar-refractivity contribution in [3.8, 4) is 5.75 Å². The molecule has 1 aromatic heterocycles. The Morgan fingerprint density at radius 2 is 1.70 bits per heavy atom. The second kappa shape index (κ2) is 8.49. The number of nitrogens with one attached hydrogen (secondary N) is 1. The molecule has 1 fully saturated rings. The van der Waals surface area contributed by atoms with Crippen LogP contribution in [-0.2, 0) is 28.9 Å². The van der Waals surface area contributed by atoms with Gasteiger partial charge in [-0.25, -0.2) is 8.42 Å². The minimum atomic E-state index is -4.05. The predicted octanol–water partition coefficient (Wildman–Crippen LogP) is 1.04. The van der Waals surface area contributed by atoms with Gasteiger partial charge in [-0.05, 0) is 43.2 Å². The first-order valence-corrected chi connectivity index (χ1v) is 11.8. The smallest absolute Gasteiger partial charge is 0.316 e. The van der Waals surface area contributed by atoms with Gasteiger partial charge in [0.1, 0.15) is 11.8 Å². The van der Waals surface area contributed by atoms with Crippen molar-refractivity contribution in [1.29, 1.82) is 0 Å². The van der Waals surface area contributed by atoms with Gasteiger partial charge in [0.15, 0.2) is 0 Å². The molecule has 4 rings (SSSR count). The van der Waals surface area contributed by atoms with E-state index in [0.29, 0.717) is 35.3 Å². The zero-order chi connectivity index (χ0) is 23.9. The molecule has 1 N–H and O–H groups in total. The van der Waals surface area contributed by atoms with Gasteiger partial charge in [0.25, 0.3) is 0 Å². The van der Waals surface area contributed by atoms with Gasteiger partial charge in [0.2, 0.25) is 15.9 Å². The van der Waals surface area contributed by atoms with Crippen LogP contribution >= 0.6 is 0 Å². The number of para-hydroxylation sites is 2. The summed E-state index contributed by atoms with van der Waals surface area (Å²) in [5.41, 5.74) is -0.274. The van der Waals surface area contributed by atoms with Crippen LogP contribution in [0.2, 0.25) is 0 Å². The van der Waals surface area contributed by atoms with E-state index in [0.717, 1.165) is 4.57 Å². The summed E-state index contributed by atoms with van der Waals surface area (Å²) in [6.07, 6.45) is 0.907. The summed E-state index contributed by atoms with van der Waals surface area (Å²) in [5, 5.41) is 2.76. The van der Waals surface area contributed by atoms with Gasteiger partial charge >= 0.3 is 11.1 Å². The number of rotatable bonds is 5. The number of carbonyl (C=O) groups excluding carboxylic acids is 1. The second-order valence-corrected chi connectivity index (χ2v) is 9.73. The summed E-state index contributed by atoms with van der Waals surface area (Å²) in [6, 6.07) is 10.2. The first-order valence-electron chi connectivity index (χ1n) is 10.3. The number of aryl methyl sites for hydroxylation is 2. The van der Waals surface area contributed by atoms with Crippen LogP contribution in [0.15, 0.2) is 56.9 Å². The molecule has 1 saturated heterocycles. The number of sulfonamides is 1. The molecular weight excluding hydrogens is 448 g/mol. The van der Waals surface area contributed by atoms with Gasteiger partial charge in [-0.3, -0.25) is 14.4 Å². The van der Waals surface area contributed by atoms with Crippen LogP contribution in [0, 0.1) is 0 Å². The van der Waals surface area contributed by atoms with Crippen molar-refractivity contribution < 1.29 is 17.9 Å². The van der Waals surface area contributed by atoms with E-state index in [2.05, 4.69) is 5.32 Å². The highest BCUT2D eigenvalue weighted by Crippen LogP contribution is 2.30. The van der Waals surface area contributed by atoms with E-state index in [-0.39, 0.29) is 11.4 Å². The Morgan fingerprint density at radius 1 is 1.03 bits per heavy atom. The lowest BCUT2D eigenvalue weighted by Crippen LogP contribution is -2.43. The fraction of sp³-hybridized carbons (Fsp3) is 0.318. The molecule has 1 aliphatic rings. The van der Waals surface area contributed by atoms with Gasteiger partial charge in [-0.1, -0.05) is 12.1 Å². The van der Waals surface area contributed by atoms with Crippen molar-refractivity contribution >= 4 is 32.7 Å². The SMILES string of the molecule is COc1ccccc1NC(=O)[C@@H]1CCCN1S(=O)(=O)c1ccc2c(c1)n(C)c(=O)c(=O)n2C. The van der Waals surface area contributed by atoms with Crippen LogP contribution in [-0.4, -0.2) is 47.5 Å². The number of amides is 1. The molecule has 11 heteroatoms. The summed E-state index contributed by atoms with van der Waals surface area (Å²) in [6.45, 7) is 0.191. The summed E-state index contributed by atoms with van der Waals surface area (Å²) < 4.78 is 35.7. The number of aromatic nitrogens is 2. The molecule has 0 unspecified atom stereocenters. The molecule has 3 aromatic rings. The fourth-order valence-corrected chi connectivity index (χ4v) is 5.79. The second-order valence-electron chi connectivity index (χ2n) is 7.84. The number of carbonyl (C=O) groups is 1. The van der Waals surface area contributed by atoms with Crippen molar-refractivity contribution in [2.45, 2.75) is 23.8 Å². The maximum Gasteiger partial charge on any atom is 0.316 e. The molecule has 1 aliphatic heterocycles. The molecule has 2 heterocycles. The first-order chi connectivity index (χ1) is 15.7. The largest absolute Gasteiger partial charge is 0.495 e. The zero-order valence-corrected chi connectivity index (χ0v) is 19.3. The fourth-order valence-electron chi connectivity index (χ4n) is 4.11. The molecular formula is C22H24N4O6S. The number of nitrogens with zero attached hydrogens (tertiary/aromatic N) is 3. The van der Waals surface area contributed by atoms with Crippen LogP contribution in [0.4, 0.5) is 5.69 Å². The Labute approximate surface area is 190 Å². The lowest BCUT2D eigenvalue weighted by Gasteiger charge is -2.24. The molecule has 0 saturated carbocycles. The monoisotopic (exact) mass is 472 g/mol. The Kier molecular flexibility index (Phi) is 5.85. The average Bonchev–Trinajstić information content (AvgIpc) is 3.32. The average molecular weight is 473 g/mol. The molecule has 174 valence electrons. The molecule has 1 atom stereocenters. The van der Waals surface area contributed by atoms with Crippen molar-refractivity contribution in [3.05, 3.63) is 63.2 Å². The summed E-state index contributed by atoms with van der Waals surface area (Å²) >= 11 is 0. The highest BCUT2D eigenvalue weighted by molar-refractivity contribution is 7.89. The molecule has 0 aliphatic carbocycles. The van der Waals surface area contributed by atoms with Crippen molar-refractivity contribution in [2.75, 3.05) is 19.0 Å². The van der Waals surface area contributed by atoms with Crippen LogP contribution in [0.1, 0.15) is 12.8 Å². The van der Waals surface area contributed by atoms with E-state index >= 15 is 0 Å². The zero-order valence-electron chi connectivity index (χ0n) is 18.4. The van der Waals surface area contributed by atoms with Crippen molar-refractivity contribution in [2.24, 2.45) is 14.1 Å². The number of hydrogen-bond donors (Lipinski definition) is 1. The van der Waals surface area contributed by atoms with Gasteiger partial charge in [-0.15, -0.1) is 0 Å². The van der Waals surface area contributed by atoms with Crippen LogP contribution in [0.3, 0.4) is 0 Å². The number of anilines is 1. The topological polar surface area (TPSA) is 120 Å². The third-order valence-electron chi connectivity index (χ3n) is 5.94. The summed E-state index contributed by atoms with van der Waals surface area (Å²) in [4.78, 5) is 37.2. The standard InChI is InChI=1S/C22H24N4O6S/c1-24-16-11-10-14(13-18(16)25(2)22(29)21(24)28)33(30,31)26-12-6-8-17(26)20(27)23-15-7-4-5-9-19(15)32-3/h4-5,7,9-11,13,17H,6,8,12H2,1-3H3,(H,23,27)/t17-/m0/s1. The molecule has 1 amide bonds. The number of fused-ring (bicyclic) bond motifs is 1. The minimum absolute atomic E-state index is 0.0550. The molecule has 0 radical (unpaired) electrons. The maximum atomic E-state index is 13.5. The molecule has 0 spiro atoms. The first kappa shape index (κ1) is 22.7. The van der Waals surface area contributed by atoms with Crippen molar-refractivity contribution in [3.63, 3.8) is 0 Å². The van der Waals surface area contributed by atoms with Crippen LogP contribution < -0.4 is 21.2 Å². The third kappa shape index (κ3) is 3.83. The Balaban J connectivity index is 1.70. The van der Waals surface area contributed by atoms with Gasteiger partial charge < -0.3 is 19.2 Å². The maximum absolute atomic E-state index is 13.5. The molecule has 0 bridgehead atoms. The summed E-state index contributed by atoms with van der Waals surface area (Å²) in [5.74, 6) is 0.0236. The normalized spacial score (nSPS) is 16.8. The number of ether oxygens (including phenoxy) is 1. The van der Waals surface area contributed by atoms with E-state index < -0.39 is 33.1 Å². The van der Waals surface area contributed by atoms with Gasteiger partial charge in [0, 0.05) is 20.6 Å². The lowest BCUT2D eigenvalue weighted by molar-refractivity contribution is -0.119.